The van der Waals surface area contributed by atoms with Gasteiger partial charge in [-0.15, -0.1) is 6.58 Å². The van der Waals surface area contributed by atoms with Crippen molar-refractivity contribution in [2.75, 3.05) is 11.5 Å². The molecule has 0 spiro atoms. The summed E-state index contributed by atoms with van der Waals surface area (Å²) in [5, 5.41) is 0.706. The zero-order valence-electron chi connectivity index (χ0n) is 9.92. The van der Waals surface area contributed by atoms with Crippen molar-refractivity contribution in [3.8, 4) is 0 Å². The van der Waals surface area contributed by atoms with E-state index in [1.54, 1.807) is 0 Å². The second kappa shape index (κ2) is 5.33. The van der Waals surface area contributed by atoms with E-state index in [-0.39, 0.29) is 5.75 Å². The van der Waals surface area contributed by atoms with Crippen molar-refractivity contribution in [1.82, 2.24) is 0 Å². The molecule has 0 aromatic heterocycles. The molecule has 2 fully saturated rings. The van der Waals surface area contributed by atoms with Crippen molar-refractivity contribution in [1.29, 1.82) is 0 Å². The molecule has 0 aromatic rings. The summed E-state index contributed by atoms with van der Waals surface area (Å²) in [5.74, 6) is 3.08. The van der Waals surface area contributed by atoms with Crippen LogP contribution in [-0.2, 0) is 10.1 Å². The van der Waals surface area contributed by atoms with E-state index < -0.39 is 10.1 Å². The summed E-state index contributed by atoms with van der Waals surface area (Å²) in [6, 6.07) is 0. The molecule has 98 valence electrons. The quantitative estimate of drug-likeness (QED) is 0.460. The average molecular weight is 276 g/mol. The van der Waals surface area contributed by atoms with E-state index in [4.69, 9.17) is 4.55 Å². The molecule has 0 radical (unpaired) electrons. The zero-order valence-corrected chi connectivity index (χ0v) is 11.5. The number of allylic oxidation sites excluding steroid dienone is 1. The molecule has 2 saturated carbocycles. The van der Waals surface area contributed by atoms with Crippen molar-refractivity contribution in [2.24, 2.45) is 17.8 Å². The largest absolute Gasteiger partial charge is 0.286 e. The van der Waals surface area contributed by atoms with Gasteiger partial charge in [0.1, 0.15) is 0 Å². The predicted octanol–water partition coefficient (Wildman–Crippen LogP) is 2.60. The maximum absolute atomic E-state index is 10.6. The lowest BCUT2D eigenvalue weighted by Crippen LogP contribution is -2.19. The van der Waals surface area contributed by atoms with Crippen LogP contribution in [0.3, 0.4) is 0 Å². The fraction of sp³-hybridized carbons (Fsp3) is 0.833. The summed E-state index contributed by atoms with van der Waals surface area (Å²) < 4.78 is 29.8. The third kappa shape index (κ3) is 3.48. The van der Waals surface area contributed by atoms with Crippen LogP contribution in [-0.4, -0.2) is 29.7 Å². The molecule has 0 heterocycles. The molecule has 0 unspecified atom stereocenters. The molecule has 1 N–H and O–H groups in total. The molecule has 5 heteroatoms. The Morgan fingerprint density at radius 1 is 1.29 bits per heavy atom. The minimum atomic E-state index is -3.77. The van der Waals surface area contributed by atoms with Crippen LogP contribution >= 0.6 is 11.8 Å². The van der Waals surface area contributed by atoms with Crippen LogP contribution in [0.15, 0.2) is 12.7 Å². The number of thioether (sulfide) groups is 1. The maximum atomic E-state index is 10.6. The Morgan fingerprint density at radius 2 is 2.06 bits per heavy atom. The minimum absolute atomic E-state index is 0.101. The van der Waals surface area contributed by atoms with Crippen molar-refractivity contribution in [3.05, 3.63) is 12.7 Å². The van der Waals surface area contributed by atoms with E-state index >= 15 is 0 Å². The standard InChI is InChI=1S/C12H20O3S2/c1-2-9-6-11-7-10(9)8-12(11)16-4-3-5-17(13,14)15/h2,9-12H,1,3-8H2,(H,13,14,15)/t9-,10-,11+,12-/m1/s1. The molecule has 0 aromatic carbocycles. The molecule has 0 aliphatic heterocycles. The van der Waals surface area contributed by atoms with Gasteiger partial charge in [-0.2, -0.15) is 20.2 Å². The summed E-state index contributed by atoms with van der Waals surface area (Å²) in [6.45, 7) is 3.89. The Labute approximate surface area is 108 Å². The first-order chi connectivity index (χ1) is 7.99. The fourth-order valence-electron chi connectivity index (χ4n) is 3.24. The Morgan fingerprint density at radius 3 is 2.59 bits per heavy atom. The summed E-state index contributed by atoms with van der Waals surface area (Å²) >= 11 is 1.89. The van der Waals surface area contributed by atoms with Crippen molar-refractivity contribution in [2.45, 2.75) is 30.9 Å². The van der Waals surface area contributed by atoms with Crippen LogP contribution in [0.4, 0.5) is 0 Å². The second-order valence-corrected chi connectivity index (χ2v) is 8.09. The normalized spacial score (nSPS) is 36.3. The highest BCUT2D eigenvalue weighted by atomic mass is 32.2. The molecule has 4 atom stereocenters. The van der Waals surface area contributed by atoms with Gasteiger partial charge in [0.2, 0.25) is 0 Å². The van der Waals surface area contributed by atoms with Crippen LogP contribution in [0.1, 0.15) is 25.7 Å². The van der Waals surface area contributed by atoms with E-state index in [2.05, 4.69) is 12.7 Å². The van der Waals surface area contributed by atoms with Gasteiger partial charge in [-0.1, -0.05) is 6.08 Å². The summed E-state index contributed by atoms with van der Waals surface area (Å²) in [4.78, 5) is 0. The lowest BCUT2D eigenvalue weighted by molar-refractivity contribution is 0.403. The van der Waals surface area contributed by atoms with Gasteiger partial charge in [0, 0.05) is 5.25 Å². The Kier molecular flexibility index (Phi) is 4.21. The van der Waals surface area contributed by atoms with E-state index in [1.807, 2.05) is 11.8 Å². The first-order valence-electron chi connectivity index (χ1n) is 6.19. The minimum Gasteiger partial charge on any atom is -0.286 e. The molecular formula is C12H20O3S2. The Hall–Kier alpha value is -0.0000000000000000763. The molecule has 0 saturated heterocycles. The maximum Gasteiger partial charge on any atom is 0.264 e. The number of hydrogen-bond acceptors (Lipinski definition) is 3. The average Bonchev–Trinajstić information content (AvgIpc) is 2.81. The van der Waals surface area contributed by atoms with Crippen LogP contribution < -0.4 is 0 Å². The number of fused-ring (bicyclic) bond motifs is 2. The van der Waals surface area contributed by atoms with Gasteiger partial charge in [0.15, 0.2) is 0 Å². The van der Waals surface area contributed by atoms with E-state index in [0.717, 1.165) is 23.5 Å². The highest BCUT2D eigenvalue weighted by Gasteiger charge is 2.44. The topological polar surface area (TPSA) is 54.4 Å². The highest BCUT2D eigenvalue weighted by Crippen LogP contribution is 2.52. The molecule has 2 bridgehead atoms. The molecule has 2 aliphatic carbocycles. The first-order valence-corrected chi connectivity index (χ1v) is 8.84. The third-order valence-corrected chi connectivity index (χ3v) is 6.36. The van der Waals surface area contributed by atoms with Gasteiger partial charge in [-0.25, -0.2) is 0 Å². The smallest absolute Gasteiger partial charge is 0.264 e. The van der Waals surface area contributed by atoms with Gasteiger partial charge in [0.05, 0.1) is 5.75 Å². The molecular weight excluding hydrogens is 256 g/mol. The molecule has 3 nitrogen and oxygen atoms in total. The molecule has 17 heavy (non-hydrogen) atoms. The second-order valence-electron chi connectivity index (χ2n) is 5.18. The van der Waals surface area contributed by atoms with E-state index in [1.165, 1.54) is 19.3 Å². The van der Waals surface area contributed by atoms with Gasteiger partial charge in [-0.05, 0) is 49.2 Å². The lowest BCUT2D eigenvalue weighted by atomic mass is 9.89. The lowest BCUT2D eigenvalue weighted by Gasteiger charge is -2.25. The first kappa shape index (κ1) is 13.4. The SMILES string of the molecule is C=C[C@@H]1C[C@H]2C[C@@H]1C[C@H]2SCCCS(=O)(=O)O. The molecule has 2 rings (SSSR count). The van der Waals surface area contributed by atoms with Crippen LogP contribution in [0.5, 0.6) is 0 Å². The summed E-state index contributed by atoms with van der Waals surface area (Å²) in [7, 11) is -3.77. The van der Waals surface area contributed by atoms with Crippen LogP contribution in [0.2, 0.25) is 0 Å². The van der Waals surface area contributed by atoms with E-state index in [0.29, 0.717) is 11.7 Å². The molecule has 2 aliphatic rings. The summed E-state index contributed by atoms with van der Waals surface area (Å²) in [5.41, 5.74) is 0. The van der Waals surface area contributed by atoms with Crippen molar-refractivity contribution >= 4 is 21.9 Å². The predicted molar refractivity (Wildman–Crippen MR) is 71.8 cm³/mol. The van der Waals surface area contributed by atoms with E-state index in [9.17, 15) is 8.42 Å². The van der Waals surface area contributed by atoms with Gasteiger partial charge < -0.3 is 0 Å². The van der Waals surface area contributed by atoms with Gasteiger partial charge in [0.25, 0.3) is 10.1 Å². The van der Waals surface area contributed by atoms with Crippen LogP contribution in [0, 0.1) is 17.8 Å². The van der Waals surface area contributed by atoms with Gasteiger partial charge >= 0.3 is 0 Å². The monoisotopic (exact) mass is 276 g/mol. The summed E-state index contributed by atoms with van der Waals surface area (Å²) in [6.07, 6.45) is 6.51. The Balaban J connectivity index is 1.68. The third-order valence-electron chi connectivity index (χ3n) is 4.03. The fourth-order valence-corrected chi connectivity index (χ4v) is 5.42. The number of rotatable bonds is 6. The molecule has 0 amide bonds. The number of hydrogen-bond donors (Lipinski definition) is 1. The van der Waals surface area contributed by atoms with Crippen molar-refractivity contribution < 1.29 is 13.0 Å². The zero-order chi connectivity index (χ0) is 12.5. The van der Waals surface area contributed by atoms with Crippen molar-refractivity contribution in [3.63, 3.8) is 0 Å². The highest BCUT2D eigenvalue weighted by molar-refractivity contribution is 7.99. The van der Waals surface area contributed by atoms with Crippen LogP contribution in [0.25, 0.3) is 0 Å². The Bertz CT molecular complexity index is 377. The van der Waals surface area contributed by atoms with Gasteiger partial charge in [-0.3, -0.25) is 4.55 Å².